The number of carbonyl (C=O) groups excluding carboxylic acids is 1. The summed E-state index contributed by atoms with van der Waals surface area (Å²) in [4.78, 5) is 37.1. The molecule has 1 aromatic heterocycles. The molecule has 0 aliphatic carbocycles. The highest BCUT2D eigenvalue weighted by Crippen LogP contribution is 2.30. The zero-order valence-electron chi connectivity index (χ0n) is 22.9. The zero-order valence-corrected chi connectivity index (χ0v) is 22.9. The number of amides is 1. The van der Waals surface area contributed by atoms with Crippen LogP contribution >= 0.6 is 0 Å². The number of hydrogen-bond acceptors (Lipinski definition) is 4. The maximum absolute atomic E-state index is 14.1. The minimum Gasteiger partial charge on any atom is -0.327 e. The Morgan fingerprint density at radius 3 is 2.24 bits per heavy atom. The maximum Gasteiger partial charge on any atom is 0.257 e. The predicted octanol–water partition coefficient (Wildman–Crippen LogP) is 5.15. The van der Waals surface area contributed by atoms with Crippen LogP contribution in [0.5, 0.6) is 0 Å². The van der Waals surface area contributed by atoms with Crippen molar-refractivity contribution in [3.8, 4) is 0 Å². The number of aryl methyl sites for hydroxylation is 2. The average molecular weight is 501 g/mol. The quantitative estimate of drug-likeness (QED) is 0.408. The summed E-state index contributed by atoms with van der Waals surface area (Å²) < 4.78 is 1.79. The summed E-state index contributed by atoms with van der Waals surface area (Å²) in [5.41, 5.74) is 4.14. The van der Waals surface area contributed by atoms with E-state index in [0.717, 1.165) is 36.5 Å². The smallest absolute Gasteiger partial charge is 0.257 e. The fourth-order valence-corrected chi connectivity index (χ4v) is 5.20. The van der Waals surface area contributed by atoms with Crippen LogP contribution < -0.4 is 5.56 Å². The van der Waals surface area contributed by atoms with Gasteiger partial charge < -0.3 is 9.80 Å². The lowest BCUT2D eigenvalue weighted by molar-refractivity contribution is 0.0579. The monoisotopic (exact) mass is 500 g/mol. The van der Waals surface area contributed by atoms with Crippen LogP contribution in [0.25, 0.3) is 0 Å². The Labute approximate surface area is 221 Å². The van der Waals surface area contributed by atoms with Gasteiger partial charge in [-0.05, 0) is 70.3 Å². The summed E-state index contributed by atoms with van der Waals surface area (Å²) in [5.74, 6) is 0.703. The van der Waals surface area contributed by atoms with Crippen molar-refractivity contribution in [2.75, 3.05) is 26.2 Å². The highest BCUT2D eigenvalue weighted by molar-refractivity contribution is 5.94. The molecule has 6 heteroatoms. The molecule has 1 aliphatic heterocycles. The maximum atomic E-state index is 14.1. The SMILES string of the molecule is Cc1ccc(C(=O)N(CCN2CCCC2)[C@@H](c2nc(C)c(C)c(=O)n2Cc2ccccc2)C(C)C)cc1. The number of nitrogens with zero attached hydrogens (tertiary/aromatic N) is 4. The van der Waals surface area contributed by atoms with Crippen molar-refractivity contribution in [2.45, 2.75) is 60.0 Å². The number of rotatable bonds is 9. The lowest BCUT2D eigenvalue weighted by atomic mass is 9.98. The van der Waals surface area contributed by atoms with Crippen LogP contribution in [-0.4, -0.2) is 51.4 Å². The van der Waals surface area contributed by atoms with Gasteiger partial charge in [0.05, 0.1) is 12.6 Å². The highest BCUT2D eigenvalue weighted by atomic mass is 16.2. The molecule has 6 nitrogen and oxygen atoms in total. The molecule has 1 fully saturated rings. The Morgan fingerprint density at radius 1 is 0.973 bits per heavy atom. The van der Waals surface area contributed by atoms with Crippen LogP contribution in [-0.2, 0) is 6.54 Å². The molecule has 196 valence electrons. The van der Waals surface area contributed by atoms with Crippen LogP contribution in [0.15, 0.2) is 59.4 Å². The molecule has 0 N–H and O–H groups in total. The molecule has 0 saturated carbocycles. The van der Waals surface area contributed by atoms with Gasteiger partial charge in [-0.2, -0.15) is 0 Å². The third-order valence-corrected chi connectivity index (χ3v) is 7.50. The topological polar surface area (TPSA) is 58.4 Å². The van der Waals surface area contributed by atoms with Crippen LogP contribution in [0, 0.1) is 26.7 Å². The van der Waals surface area contributed by atoms with E-state index in [1.165, 1.54) is 12.8 Å². The lowest BCUT2D eigenvalue weighted by Gasteiger charge is -2.36. The van der Waals surface area contributed by atoms with Gasteiger partial charge in [-0.3, -0.25) is 14.2 Å². The van der Waals surface area contributed by atoms with Gasteiger partial charge in [0.15, 0.2) is 0 Å². The van der Waals surface area contributed by atoms with Gasteiger partial charge in [-0.25, -0.2) is 4.98 Å². The van der Waals surface area contributed by atoms with Crippen LogP contribution in [0.3, 0.4) is 0 Å². The summed E-state index contributed by atoms with van der Waals surface area (Å²) >= 11 is 0. The lowest BCUT2D eigenvalue weighted by Crippen LogP contribution is -2.45. The first-order valence-corrected chi connectivity index (χ1v) is 13.5. The first-order valence-electron chi connectivity index (χ1n) is 13.5. The molecular weight excluding hydrogens is 460 g/mol. The summed E-state index contributed by atoms with van der Waals surface area (Å²) in [6, 6.07) is 17.4. The van der Waals surface area contributed by atoms with Crippen molar-refractivity contribution in [3.63, 3.8) is 0 Å². The molecule has 3 aromatic rings. The minimum absolute atomic E-state index is 0.0170. The van der Waals surface area contributed by atoms with Gasteiger partial charge in [0.25, 0.3) is 11.5 Å². The Kier molecular flexibility index (Phi) is 8.59. The van der Waals surface area contributed by atoms with E-state index < -0.39 is 0 Å². The van der Waals surface area contributed by atoms with E-state index in [1.54, 1.807) is 4.57 Å². The largest absolute Gasteiger partial charge is 0.327 e. The Bertz CT molecular complexity index is 1260. The van der Waals surface area contributed by atoms with E-state index in [2.05, 4.69) is 18.7 Å². The molecule has 2 aromatic carbocycles. The second kappa shape index (κ2) is 11.9. The van der Waals surface area contributed by atoms with Gasteiger partial charge in [-0.1, -0.05) is 61.9 Å². The molecule has 0 bridgehead atoms. The molecular formula is C31H40N4O2. The number of hydrogen-bond donors (Lipinski definition) is 0. The molecule has 0 radical (unpaired) electrons. The number of benzene rings is 2. The fraction of sp³-hybridized carbons (Fsp3) is 0.452. The summed E-state index contributed by atoms with van der Waals surface area (Å²) in [5, 5.41) is 0. The van der Waals surface area contributed by atoms with Crippen molar-refractivity contribution in [2.24, 2.45) is 5.92 Å². The third kappa shape index (κ3) is 6.19. The summed E-state index contributed by atoms with van der Waals surface area (Å²) in [6.07, 6.45) is 2.41. The Morgan fingerprint density at radius 2 is 1.62 bits per heavy atom. The normalized spacial score (nSPS) is 14.8. The molecule has 0 unspecified atom stereocenters. The molecule has 1 aliphatic rings. The molecule has 0 spiro atoms. The van der Waals surface area contributed by atoms with E-state index in [0.29, 0.717) is 30.0 Å². The highest BCUT2D eigenvalue weighted by Gasteiger charge is 2.33. The summed E-state index contributed by atoms with van der Waals surface area (Å²) in [6.45, 7) is 13.9. The Hall–Kier alpha value is -3.25. The van der Waals surface area contributed by atoms with Crippen LogP contribution in [0.1, 0.15) is 71.3 Å². The molecule has 2 heterocycles. The number of aromatic nitrogens is 2. The van der Waals surface area contributed by atoms with Crippen LogP contribution in [0.2, 0.25) is 0 Å². The number of likely N-dealkylation sites (tertiary alicyclic amines) is 1. The van der Waals surface area contributed by atoms with Crippen molar-refractivity contribution in [1.82, 2.24) is 19.4 Å². The summed E-state index contributed by atoms with van der Waals surface area (Å²) in [7, 11) is 0. The van der Waals surface area contributed by atoms with Gasteiger partial charge in [0, 0.05) is 29.9 Å². The van der Waals surface area contributed by atoms with Gasteiger partial charge >= 0.3 is 0 Å². The molecule has 1 saturated heterocycles. The van der Waals surface area contributed by atoms with Gasteiger partial charge in [0.1, 0.15) is 5.82 Å². The molecule has 1 amide bonds. The Balaban J connectivity index is 1.81. The van der Waals surface area contributed by atoms with Crippen molar-refractivity contribution in [1.29, 1.82) is 0 Å². The van der Waals surface area contributed by atoms with Gasteiger partial charge in [0.2, 0.25) is 0 Å². The standard InChI is InChI=1S/C31H40N4O2/c1-22(2)28(29-32-25(5)24(4)30(36)35(29)21-26-11-7-6-8-12-26)34(20-19-33-17-9-10-18-33)31(37)27-15-13-23(3)14-16-27/h6-8,11-16,22,28H,9-10,17-21H2,1-5H3/t28-/m1/s1. The van der Waals surface area contributed by atoms with Crippen molar-refractivity contribution >= 4 is 5.91 Å². The first-order chi connectivity index (χ1) is 17.8. The van der Waals surface area contributed by atoms with Crippen molar-refractivity contribution in [3.05, 3.63) is 98.7 Å². The second-order valence-electron chi connectivity index (χ2n) is 10.7. The number of carbonyl (C=O) groups is 1. The van der Waals surface area contributed by atoms with E-state index in [1.807, 2.05) is 80.3 Å². The first kappa shape index (κ1) is 26.8. The van der Waals surface area contributed by atoms with Crippen molar-refractivity contribution < 1.29 is 4.79 Å². The minimum atomic E-state index is -0.341. The molecule has 1 atom stereocenters. The predicted molar refractivity (Wildman–Crippen MR) is 149 cm³/mol. The average Bonchev–Trinajstić information content (AvgIpc) is 3.41. The third-order valence-electron chi connectivity index (χ3n) is 7.50. The van der Waals surface area contributed by atoms with Crippen LogP contribution in [0.4, 0.5) is 0 Å². The molecule has 4 rings (SSSR count). The van der Waals surface area contributed by atoms with E-state index in [9.17, 15) is 9.59 Å². The van der Waals surface area contributed by atoms with E-state index in [4.69, 9.17) is 4.98 Å². The second-order valence-corrected chi connectivity index (χ2v) is 10.7. The molecule has 37 heavy (non-hydrogen) atoms. The van der Waals surface area contributed by atoms with E-state index in [-0.39, 0.29) is 23.4 Å². The van der Waals surface area contributed by atoms with E-state index >= 15 is 0 Å². The van der Waals surface area contributed by atoms with Gasteiger partial charge in [-0.15, -0.1) is 0 Å². The zero-order chi connectivity index (χ0) is 26.5. The fourth-order valence-electron chi connectivity index (χ4n) is 5.20.